The molecular formula is C13H25N5. The first kappa shape index (κ1) is 13.2. The van der Waals surface area contributed by atoms with Crippen LogP contribution >= 0.6 is 0 Å². The van der Waals surface area contributed by atoms with Crippen molar-refractivity contribution in [2.75, 3.05) is 37.3 Å². The van der Waals surface area contributed by atoms with Gasteiger partial charge < -0.3 is 15.5 Å². The molecule has 0 radical (unpaired) electrons. The lowest BCUT2D eigenvalue weighted by molar-refractivity contribution is 0.232. The molecule has 0 bridgehead atoms. The Morgan fingerprint density at radius 1 is 1.33 bits per heavy atom. The Morgan fingerprint density at radius 3 is 2.56 bits per heavy atom. The van der Waals surface area contributed by atoms with Crippen LogP contribution in [0, 0.1) is 6.92 Å². The van der Waals surface area contributed by atoms with E-state index in [1.165, 1.54) is 0 Å². The van der Waals surface area contributed by atoms with Crippen molar-refractivity contribution in [3.05, 3.63) is 5.69 Å². The molecule has 102 valence electrons. The fourth-order valence-corrected chi connectivity index (χ4v) is 2.46. The highest BCUT2D eigenvalue weighted by Crippen LogP contribution is 2.30. The molecule has 1 aromatic heterocycles. The molecule has 1 fully saturated rings. The van der Waals surface area contributed by atoms with Crippen LogP contribution in [-0.2, 0) is 0 Å². The minimum atomic E-state index is 0.339. The van der Waals surface area contributed by atoms with E-state index >= 15 is 0 Å². The SMILES string of the molecule is Cc1nn(C(C)C)c(N2CCN(C)C(C)C2)c1N. The van der Waals surface area contributed by atoms with Crippen LogP contribution < -0.4 is 10.6 Å². The third-order valence-electron chi connectivity index (χ3n) is 3.85. The molecular weight excluding hydrogens is 226 g/mol. The molecule has 2 rings (SSSR count). The maximum atomic E-state index is 6.21. The van der Waals surface area contributed by atoms with E-state index in [1.807, 2.05) is 6.92 Å². The zero-order chi connectivity index (χ0) is 13.4. The molecule has 5 heteroatoms. The van der Waals surface area contributed by atoms with Crippen molar-refractivity contribution in [3.8, 4) is 0 Å². The van der Waals surface area contributed by atoms with Crippen molar-refractivity contribution >= 4 is 11.5 Å². The normalized spacial score (nSPS) is 21.9. The number of aromatic nitrogens is 2. The Hall–Kier alpha value is -1.23. The van der Waals surface area contributed by atoms with Crippen LogP contribution in [0.1, 0.15) is 32.5 Å². The van der Waals surface area contributed by atoms with Crippen molar-refractivity contribution in [2.45, 2.75) is 39.8 Å². The largest absolute Gasteiger partial charge is 0.394 e. The highest BCUT2D eigenvalue weighted by Gasteiger charge is 2.26. The van der Waals surface area contributed by atoms with Gasteiger partial charge in [0.25, 0.3) is 0 Å². The summed E-state index contributed by atoms with van der Waals surface area (Å²) in [6.45, 7) is 11.6. The summed E-state index contributed by atoms with van der Waals surface area (Å²) in [5, 5.41) is 4.57. The van der Waals surface area contributed by atoms with Gasteiger partial charge in [0.15, 0.2) is 5.82 Å². The Bertz CT molecular complexity index is 423. The summed E-state index contributed by atoms with van der Waals surface area (Å²) in [6, 6.07) is 0.889. The van der Waals surface area contributed by atoms with Gasteiger partial charge in [-0.3, -0.25) is 0 Å². The predicted molar refractivity (Wildman–Crippen MR) is 76.1 cm³/mol. The highest BCUT2D eigenvalue weighted by atomic mass is 15.4. The lowest BCUT2D eigenvalue weighted by Crippen LogP contribution is -2.50. The zero-order valence-corrected chi connectivity index (χ0v) is 12.1. The van der Waals surface area contributed by atoms with E-state index in [9.17, 15) is 0 Å². The van der Waals surface area contributed by atoms with Crippen molar-refractivity contribution < 1.29 is 0 Å². The minimum Gasteiger partial charge on any atom is -0.394 e. The van der Waals surface area contributed by atoms with E-state index in [0.717, 1.165) is 36.8 Å². The van der Waals surface area contributed by atoms with Crippen LogP contribution in [0.15, 0.2) is 0 Å². The van der Waals surface area contributed by atoms with E-state index in [1.54, 1.807) is 0 Å². The van der Waals surface area contributed by atoms with Crippen molar-refractivity contribution in [1.29, 1.82) is 0 Å². The van der Waals surface area contributed by atoms with Gasteiger partial charge >= 0.3 is 0 Å². The maximum absolute atomic E-state index is 6.21. The van der Waals surface area contributed by atoms with Crippen molar-refractivity contribution in [3.63, 3.8) is 0 Å². The zero-order valence-electron chi connectivity index (χ0n) is 12.1. The Morgan fingerprint density at radius 2 is 2.00 bits per heavy atom. The number of anilines is 2. The molecule has 5 nitrogen and oxygen atoms in total. The van der Waals surface area contributed by atoms with Crippen LogP contribution in [0.3, 0.4) is 0 Å². The first-order chi connectivity index (χ1) is 8.41. The molecule has 2 heterocycles. The third kappa shape index (κ3) is 2.19. The first-order valence-corrected chi connectivity index (χ1v) is 6.71. The Labute approximate surface area is 110 Å². The van der Waals surface area contributed by atoms with Crippen LogP contribution in [0.4, 0.5) is 11.5 Å². The van der Waals surface area contributed by atoms with Crippen molar-refractivity contribution in [2.24, 2.45) is 0 Å². The molecule has 2 N–H and O–H groups in total. The van der Waals surface area contributed by atoms with Crippen LogP contribution in [0.5, 0.6) is 0 Å². The standard InChI is InChI=1S/C13H25N5/c1-9(2)18-13(12(14)11(4)15-18)17-7-6-16(5)10(3)8-17/h9-10H,6-8,14H2,1-5H3. The monoisotopic (exact) mass is 251 g/mol. The summed E-state index contributed by atoms with van der Waals surface area (Å²) in [5.74, 6) is 1.10. The molecule has 1 aliphatic rings. The first-order valence-electron chi connectivity index (χ1n) is 6.71. The number of nitrogens with two attached hydrogens (primary N) is 1. The van der Waals surface area contributed by atoms with Gasteiger partial charge in [0.05, 0.1) is 11.4 Å². The highest BCUT2D eigenvalue weighted by molar-refractivity contribution is 5.66. The number of piperazine rings is 1. The van der Waals surface area contributed by atoms with Crippen LogP contribution in [0.25, 0.3) is 0 Å². The van der Waals surface area contributed by atoms with E-state index in [-0.39, 0.29) is 0 Å². The minimum absolute atomic E-state index is 0.339. The average Bonchev–Trinajstić information content (AvgIpc) is 2.60. The number of nitrogens with zero attached hydrogens (tertiary/aromatic N) is 4. The second kappa shape index (κ2) is 4.80. The van der Waals surface area contributed by atoms with Gasteiger partial charge in [-0.25, -0.2) is 4.68 Å². The van der Waals surface area contributed by atoms with Gasteiger partial charge in [0, 0.05) is 31.7 Å². The fraction of sp³-hybridized carbons (Fsp3) is 0.769. The summed E-state index contributed by atoms with van der Waals surface area (Å²) < 4.78 is 2.06. The van der Waals surface area contributed by atoms with Crippen LogP contribution in [0.2, 0.25) is 0 Å². The quantitative estimate of drug-likeness (QED) is 0.865. The summed E-state index contributed by atoms with van der Waals surface area (Å²) in [4.78, 5) is 4.76. The van der Waals surface area contributed by atoms with Gasteiger partial charge in [0.1, 0.15) is 0 Å². The van der Waals surface area contributed by atoms with Crippen LogP contribution in [-0.4, -0.2) is 47.4 Å². The second-order valence-corrected chi connectivity index (χ2v) is 5.64. The second-order valence-electron chi connectivity index (χ2n) is 5.64. The summed E-state index contributed by atoms with van der Waals surface area (Å²) in [7, 11) is 2.18. The van der Waals surface area contributed by atoms with Crippen molar-refractivity contribution in [1.82, 2.24) is 14.7 Å². The molecule has 0 amide bonds. The number of aryl methyl sites for hydroxylation is 1. The van der Waals surface area contributed by atoms with Gasteiger partial charge in [-0.1, -0.05) is 0 Å². The molecule has 1 saturated heterocycles. The van der Waals surface area contributed by atoms with E-state index in [2.05, 4.69) is 47.4 Å². The molecule has 1 aromatic rings. The Kier molecular flexibility index (Phi) is 3.52. The lowest BCUT2D eigenvalue weighted by Gasteiger charge is -2.39. The summed E-state index contributed by atoms with van der Waals surface area (Å²) in [6.07, 6.45) is 0. The number of hydrogen-bond acceptors (Lipinski definition) is 4. The molecule has 1 aliphatic heterocycles. The fourth-order valence-electron chi connectivity index (χ4n) is 2.46. The topological polar surface area (TPSA) is 50.3 Å². The molecule has 0 aliphatic carbocycles. The average molecular weight is 251 g/mol. The van der Waals surface area contributed by atoms with Gasteiger partial charge in [-0.2, -0.15) is 5.10 Å². The van der Waals surface area contributed by atoms with E-state index in [4.69, 9.17) is 5.73 Å². The maximum Gasteiger partial charge on any atom is 0.151 e. The Balaban J connectivity index is 2.33. The smallest absolute Gasteiger partial charge is 0.151 e. The molecule has 18 heavy (non-hydrogen) atoms. The molecule has 0 spiro atoms. The van der Waals surface area contributed by atoms with Gasteiger partial charge in [-0.05, 0) is 34.7 Å². The summed E-state index contributed by atoms with van der Waals surface area (Å²) in [5.41, 5.74) is 7.98. The van der Waals surface area contributed by atoms with Gasteiger partial charge in [0.2, 0.25) is 0 Å². The molecule has 1 unspecified atom stereocenters. The number of hydrogen-bond donors (Lipinski definition) is 1. The van der Waals surface area contributed by atoms with E-state index < -0.39 is 0 Å². The lowest BCUT2D eigenvalue weighted by atomic mass is 10.2. The third-order valence-corrected chi connectivity index (χ3v) is 3.85. The molecule has 0 saturated carbocycles. The number of nitrogen functional groups attached to an aromatic ring is 1. The molecule has 1 atom stereocenters. The molecule has 0 aromatic carbocycles. The van der Waals surface area contributed by atoms with Gasteiger partial charge in [-0.15, -0.1) is 0 Å². The number of rotatable bonds is 2. The number of likely N-dealkylation sites (N-methyl/N-ethyl adjacent to an activating group) is 1. The predicted octanol–water partition coefficient (Wildman–Crippen LogP) is 1.49. The van der Waals surface area contributed by atoms with E-state index in [0.29, 0.717) is 12.1 Å². The summed E-state index contributed by atoms with van der Waals surface area (Å²) >= 11 is 0.